The molecule has 2 fully saturated rings. The van der Waals surface area contributed by atoms with Crippen molar-refractivity contribution in [3.05, 3.63) is 22.4 Å². The van der Waals surface area contributed by atoms with E-state index in [0.717, 1.165) is 30.6 Å². The number of carbonyl (C=O) groups excluding carboxylic acids is 2. The summed E-state index contributed by atoms with van der Waals surface area (Å²) in [5.74, 6) is 0.185. The molecule has 1 aliphatic carbocycles. The quantitative estimate of drug-likeness (QED) is 0.764. The summed E-state index contributed by atoms with van der Waals surface area (Å²) in [5.41, 5.74) is -1.20. The number of aliphatic hydroxyl groups is 1. The van der Waals surface area contributed by atoms with Gasteiger partial charge >= 0.3 is 0 Å². The third kappa shape index (κ3) is 5.40. The van der Waals surface area contributed by atoms with Gasteiger partial charge in [0.05, 0.1) is 17.7 Å². The van der Waals surface area contributed by atoms with Gasteiger partial charge < -0.3 is 15.3 Å². The number of amides is 2. The highest BCUT2D eigenvalue weighted by atomic mass is 32.1. The SMILES string of the molecule is CC(C)(C)CC(=O)N[C@H]1[C@H](c2cccs2)N(C(=O)C2CCCCC2)CC[C@@]1(C)O. The largest absolute Gasteiger partial charge is 0.388 e. The Kier molecular flexibility index (Phi) is 6.74. The Balaban J connectivity index is 1.89. The topological polar surface area (TPSA) is 69.6 Å². The smallest absolute Gasteiger partial charge is 0.226 e. The van der Waals surface area contributed by atoms with Crippen LogP contribution in [0.1, 0.15) is 83.6 Å². The molecular formula is C23H36N2O3S. The minimum absolute atomic E-state index is 0.0696. The molecule has 3 rings (SSSR count). The second-order valence-corrected chi connectivity index (χ2v) is 11.2. The second-order valence-electron chi connectivity index (χ2n) is 10.2. The molecule has 0 unspecified atom stereocenters. The number of hydrogen-bond donors (Lipinski definition) is 2. The van der Waals surface area contributed by atoms with Crippen molar-refractivity contribution in [2.24, 2.45) is 11.3 Å². The van der Waals surface area contributed by atoms with Gasteiger partial charge in [0.2, 0.25) is 11.8 Å². The molecule has 1 aromatic heterocycles. The van der Waals surface area contributed by atoms with Crippen LogP contribution in [-0.4, -0.2) is 40.0 Å². The molecule has 2 N–H and O–H groups in total. The van der Waals surface area contributed by atoms with Crippen LogP contribution in [0.3, 0.4) is 0 Å². The Labute approximate surface area is 178 Å². The first-order valence-electron chi connectivity index (χ1n) is 10.9. The predicted octanol–water partition coefficient (Wildman–Crippen LogP) is 4.27. The van der Waals surface area contributed by atoms with Crippen molar-refractivity contribution in [3.8, 4) is 0 Å². The van der Waals surface area contributed by atoms with Crippen molar-refractivity contribution in [1.82, 2.24) is 10.2 Å². The number of hydrogen-bond acceptors (Lipinski definition) is 4. The standard InChI is InChI=1S/C23H36N2O3S/c1-22(2,3)15-18(26)24-20-19(17-11-8-14-29-17)25(13-12-23(20,4)28)21(27)16-9-6-5-7-10-16/h8,11,14,16,19-20,28H,5-7,9-10,12-13,15H2,1-4H3,(H,24,26)/t19-,20-,23+/m0/s1. The highest BCUT2D eigenvalue weighted by Crippen LogP contribution is 2.41. The fraction of sp³-hybridized carbons (Fsp3) is 0.739. The number of rotatable bonds is 4. The lowest BCUT2D eigenvalue weighted by molar-refractivity contribution is -0.150. The molecule has 0 radical (unpaired) electrons. The summed E-state index contributed by atoms with van der Waals surface area (Å²) in [6.07, 6.45) is 6.17. The molecule has 0 spiro atoms. The van der Waals surface area contributed by atoms with Crippen molar-refractivity contribution in [1.29, 1.82) is 0 Å². The highest BCUT2D eigenvalue weighted by molar-refractivity contribution is 7.10. The zero-order valence-electron chi connectivity index (χ0n) is 18.2. The summed E-state index contributed by atoms with van der Waals surface area (Å²) in [4.78, 5) is 29.2. The molecule has 2 heterocycles. The summed E-state index contributed by atoms with van der Waals surface area (Å²) >= 11 is 1.59. The maximum absolute atomic E-state index is 13.5. The number of thiophene rings is 1. The van der Waals surface area contributed by atoms with E-state index in [9.17, 15) is 14.7 Å². The Hall–Kier alpha value is -1.40. The van der Waals surface area contributed by atoms with Crippen molar-refractivity contribution >= 4 is 23.2 Å². The fourth-order valence-corrected chi connectivity index (χ4v) is 5.58. The van der Waals surface area contributed by atoms with E-state index in [1.54, 1.807) is 18.3 Å². The van der Waals surface area contributed by atoms with E-state index in [2.05, 4.69) is 5.32 Å². The van der Waals surface area contributed by atoms with E-state index in [4.69, 9.17) is 0 Å². The molecule has 1 saturated heterocycles. The fourth-order valence-electron chi connectivity index (χ4n) is 4.71. The van der Waals surface area contributed by atoms with E-state index in [1.807, 2.05) is 43.2 Å². The first-order valence-corrected chi connectivity index (χ1v) is 11.8. The lowest BCUT2D eigenvalue weighted by atomic mass is 9.79. The molecule has 1 aromatic rings. The van der Waals surface area contributed by atoms with Gasteiger partial charge in [-0.2, -0.15) is 0 Å². The summed E-state index contributed by atoms with van der Waals surface area (Å²) in [6, 6.07) is 3.15. The second kappa shape index (κ2) is 8.76. The van der Waals surface area contributed by atoms with Crippen LogP contribution in [0, 0.1) is 11.3 Å². The molecule has 1 aliphatic heterocycles. The molecule has 5 nitrogen and oxygen atoms in total. The molecule has 162 valence electrons. The minimum atomic E-state index is -1.06. The minimum Gasteiger partial charge on any atom is -0.388 e. The van der Waals surface area contributed by atoms with Gasteiger partial charge in [0.15, 0.2) is 0 Å². The molecule has 0 aromatic carbocycles. The van der Waals surface area contributed by atoms with Crippen LogP contribution >= 0.6 is 11.3 Å². The van der Waals surface area contributed by atoms with Gasteiger partial charge in [-0.05, 0) is 43.0 Å². The zero-order chi connectivity index (χ0) is 21.2. The number of piperidine rings is 1. The van der Waals surface area contributed by atoms with Crippen molar-refractivity contribution in [2.45, 2.75) is 90.3 Å². The lowest BCUT2D eigenvalue weighted by Gasteiger charge is -2.49. The molecule has 29 heavy (non-hydrogen) atoms. The molecule has 2 amide bonds. The Bertz CT molecular complexity index is 702. The van der Waals surface area contributed by atoms with Crippen LogP contribution in [0.5, 0.6) is 0 Å². The van der Waals surface area contributed by atoms with Crippen LogP contribution in [0.25, 0.3) is 0 Å². The Morgan fingerprint density at radius 1 is 1.28 bits per heavy atom. The van der Waals surface area contributed by atoms with Crippen LogP contribution in [0.4, 0.5) is 0 Å². The molecule has 2 aliphatic rings. The van der Waals surface area contributed by atoms with Crippen LogP contribution in [-0.2, 0) is 9.59 Å². The molecular weight excluding hydrogens is 384 g/mol. The molecule has 6 heteroatoms. The van der Waals surface area contributed by atoms with E-state index in [-0.39, 0.29) is 29.2 Å². The van der Waals surface area contributed by atoms with E-state index >= 15 is 0 Å². The summed E-state index contributed by atoms with van der Waals surface area (Å²) in [6.45, 7) is 8.40. The summed E-state index contributed by atoms with van der Waals surface area (Å²) < 4.78 is 0. The first kappa shape index (κ1) is 22.3. The summed E-state index contributed by atoms with van der Waals surface area (Å²) in [5, 5.41) is 16.3. The Morgan fingerprint density at radius 2 is 1.97 bits per heavy atom. The van der Waals surface area contributed by atoms with Gasteiger partial charge in [-0.1, -0.05) is 46.1 Å². The maximum atomic E-state index is 13.5. The van der Waals surface area contributed by atoms with Crippen LogP contribution in [0.15, 0.2) is 17.5 Å². The highest BCUT2D eigenvalue weighted by Gasteiger charge is 2.49. The van der Waals surface area contributed by atoms with Crippen LogP contribution < -0.4 is 5.32 Å². The van der Waals surface area contributed by atoms with E-state index in [1.165, 1.54) is 6.42 Å². The third-order valence-electron chi connectivity index (χ3n) is 6.26. The molecule has 3 atom stereocenters. The average molecular weight is 421 g/mol. The molecule has 1 saturated carbocycles. The number of nitrogens with one attached hydrogen (secondary N) is 1. The number of nitrogens with zero attached hydrogens (tertiary/aromatic N) is 1. The Morgan fingerprint density at radius 3 is 2.55 bits per heavy atom. The maximum Gasteiger partial charge on any atom is 0.226 e. The normalized spacial score (nSPS) is 28.9. The summed E-state index contributed by atoms with van der Waals surface area (Å²) in [7, 11) is 0. The van der Waals surface area contributed by atoms with Crippen LogP contribution in [0.2, 0.25) is 0 Å². The number of carbonyl (C=O) groups is 2. The van der Waals surface area contributed by atoms with Gasteiger partial charge in [-0.3, -0.25) is 9.59 Å². The van der Waals surface area contributed by atoms with Crippen molar-refractivity contribution < 1.29 is 14.7 Å². The predicted molar refractivity (Wildman–Crippen MR) is 117 cm³/mol. The van der Waals surface area contributed by atoms with Gasteiger partial charge in [0.25, 0.3) is 0 Å². The van der Waals surface area contributed by atoms with Gasteiger partial charge in [0.1, 0.15) is 0 Å². The lowest BCUT2D eigenvalue weighted by Crippen LogP contribution is -2.64. The third-order valence-corrected chi connectivity index (χ3v) is 7.20. The average Bonchev–Trinajstić information content (AvgIpc) is 3.16. The zero-order valence-corrected chi connectivity index (χ0v) is 19.1. The van der Waals surface area contributed by atoms with E-state index < -0.39 is 11.6 Å². The first-order chi connectivity index (χ1) is 13.6. The number of likely N-dealkylation sites (tertiary alicyclic amines) is 1. The monoisotopic (exact) mass is 420 g/mol. The van der Waals surface area contributed by atoms with E-state index in [0.29, 0.717) is 19.4 Å². The van der Waals surface area contributed by atoms with Gasteiger partial charge in [0, 0.05) is 23.8 Å². The van der Waals surface area contributed by atoms with Gasteiger partial charge in [-0.25, -0.2) is 0 Å². The molecule has 0 bridgehead atoms. The van der Waals surface area contributed by atoms with Crippen molar-refractivity contribution in [3.63, 3.8) is 0 Å². The van der Waals surface area contributed by atoms with Crippen molar-refractivity contribution in [2.75, 3.05) is 6.54 Å². The van der Waals surface area contributed by atoms with Gasteiger partial charge in [-0.15, -0.1) is 11.3 Å².